The first kappa shape index (κ1) is 17.5. The number of likely N-dealkylation sites (tertiary alicyclic amines) is 1. The molecule has 0 atom stereocenters. The number of carboxylic acids is 1. The topological polar surface area (TPSA) is 49.8 Å². The predicted octanol–water partition coefficient (Wildman–Crippen LogP) is 3.20. The number of aliphatic carboxylic acids is 1. The fourth-order valence-electron chi connectivity index (χ4n) is 2.35. The van der Waals surface area contributed by atoms with E-state index in [1.807, 2.05) is 38.1 Å². The van der Waals surface area contributed by atoms with E-state index in [1.54, 1.807) is 0 Å². The Morgan fingerprint density at radius 2 is 1.76 bits per heavy atom. The quantitative estimate of drug-likeness (QED) is 0.875. The Hall–Kier alpha value is -1.55. The average Bonchev–Trinajstić information content (AvgIpc) is 2.52. The van der Waals surface area contributed by atoms with Crippen LogP contribution in [0.3, 0.4) is 0 Å². The molecular formula is C17H27NO3. The summed E-state index contributed by atoms with van der Waals surface area (Å²) in [4.78, 5) is 13.0. The van der Waals surface area contributed by atoms with Crippen molar-refractivity contribution < 1.29 is 14.6 Å². The van der Waals surface area contributed by atoms with E-state index in [2.05, 4.69) is 4.90 Å². The Balaban J connectivity index is 0.00000106. The van der Waals surface area contributed by atoms with Gasteiger partial charge in [-0.15, -0.1) is 0 Å². The van der Waals surface area contributed by atoms with Crippen LogP contribution in [0.4, 0.5) is 0 Å². The lowest BCUT2D eigenvalue weighted by Crippen LogP contribution is -2.33. The maximum absolute atomic E-state index is 10.6. The fourth-order valence-corrected chi connectivity index (χ4v) is 2.35. The van der Waals surface area contributed by atoms with Crippen LogP contribution in [-0.2, 0) is 11.2 Å². The van der Waals surface area contributed by atoms with Crippen LogP contribution in [0.25, 0.3) is 0 Å². The van der Waals surface area contributed by atoms with Crippen LogP contribution >= 0.6 is 0 Å². The molecule has 4 nitrogen and oxygen atoms in total. The Morgan fingerprint density at radius 3 is 2.33 bits per heavy atom. The Labute approximate surface area is 127 Å². The van der Waals surface area contributed by atoms with Gasteiger partial charge >= 0.3 is 5.97 Å². The highest BCUT2D eigenvalue weighted by molar-refractivity contribution is 5.70. The molecule has 1 aliphatic heterocycles. The molecule has 1 saturated heterocycles. The number of rotatable bonds is 6. The summed E-state index contributed by atoms with van der Waals surface area (Å²) in [5.41, 5.74) is 0.802. The second-order valence-electron chi connectivity index (χ2n) is 4.97. The maximum Gasteiger partial charge on any atom is 0.307 e. The molecule has 0 radical (unpaired) electrons. The number of hydrogen-bond acceptors (Lipinski definition) is 3. The van der Waals surface area contributed by atoms with Crippen LogP contribution in [0, 0.1) is 0 Å². The first-order valence-electron chi connectivity index (χ1n) is 7.90. The summed E-state index contributed by atoms with van der Waals surface area (Å²) in [5, 5.41) is 8.69. The van der Waals surface area contributed by atoms with Crippen molar-refractivity contribution in [3.8, 4) is 5.75 Å². The average molecular weight is 293 g/mol. The zero-order valence-corrected chi connectivity index (χ0v) is 13.2. The van der Waals surface area contributed by atoms with Crippen LogP contribution in [-0.4, -0.2) is 42.2 Å². The van der Waals surface area contributed by atoms with E-state index < -0.39 is 5.97 Å². The van der Waals surface area contributed by atoms with E-state index in [1.165, 1.54) is 32.4 Å². The van der Waals surface area contributed by atoms with Gasteiger partial charge in [0, 0.05) is 6.54 Å². The van der Waals surface area contributed by atoms with E-state index >= 15 is 0 Å². The molecule has 1 aromatic carbocycles. The lowest BCUT2D eigenvalue weighted by atomic mass is 10.1. The summed E-state index contributed by atoms with van der Waals surface area (Å²) in [6, 6.07) is 7.30. The minimum Gasteiger partial charge on any atom is -0.492 e. The van der Waals surface area contributed by atoms with Crippen molar-refractivity contribution in [1.29, 1.82) is 0 Å². The zero-order chi connectivity index (χ0) is 15.5. The molecule has 0 bridgehead atoms. The smallest absolute Gasteiger partial charge is 0.307 e. The summed E-state index contributed by atoms with van der Waals surface area (Å²) < 4.78 is 5.68. The summed E-state index contributed by atoms with van der Waals surface area (Å²) in [6.45, 7) is 8.02. The van der Waals surface area contributed by atoms with Crippen LogP contribution in [0.1, 0.15) is 38.7 Å². The third-order valence-corrected chi connectivity index (χ3v) is 3.40. The van der Waals surface area contributed by atoms with E-state index in [0.29, 0.717) is 6.61 Å². The molecule has 4 heteroatoms. The second kappa shape index (κ2) is 10.2. The minimum absolute atomic E-state index is 0.0635. The number of piperidine rings is 1. The van der Waals surface area contributed by atoms with Crippen molar-refractivity contribution >= 4 is 5.97 Å². The summed E-state index contributed by atoms with van der Waals surface area (Å²) in [5.74, 6) is 0.00455. The lowest BCUT2D eigenvalue weighted by Gasteiger charge is -2.26. The van der Waals surface area contributed by atoms with Crippen molar-refractivity contribution in [2.24, 2.45) is 0 Å². The number of ether oxygens (including phenoxy) is 1. The summed E-state index contributed by atoms with van der Waals surface area (Å²) in [7, 11) is 0. The highest BCUT2D eigenvalue weighted by Crippen LogP contribution is 2.13. The minimum atomic E-state index is -0.807. The van der Waals surface area contributed by atoms with Crippen molar-refractivity contribution in [3.05, 3.63) is 29.8 Å². The van der Waals surface area contributed by atoms with E-state index in [0.717, 1.165) is 17.9 Å². The van der Waals surface area contributed by atoms with E-state index in [-0.39, 0.29) is 6.42 Å². The molecule has 21 heavy (non-hydrogen) atoms. The normalized spacial score (nSPS) is 15.0. The number of carboxylic acid groups (broad SMARTS) is 1. The Morgan fingerprint density at radius 1 is 1.14 bits per heavy atom. The van der Waals surface area contributed by atoms with Gasteiger partial charge in [-0.1, -0.05) is 32.4 Å². The Kier molecular flexibility index (Phi) is 8.51. The van der Waals surface area contributed by atoms with Crippen molar-refractivity contribution in [2.75, 3.05) is 26.2 Å². The van der Waals surface area contributed by atoms with Gasteiger partial charge in [-0.05, 0) is 43.6 Å². The maximum atomic E-state index is 10.6. The first-order chi connectivity index (χ1) is 10.2. The van der Waals surface area contributed by atoms with E-state index in [9.17, 15) is 4.79 Å². The molecule has 0 unspecified atom stereocenters. The molecule has 0 spiro atoms. The van der Waals surface area contributed by atoms with Gasteiger partial charge in [-0.2, -0.15) is 0 Å². The SMILES string of the molecule is CC.O=C(O)Cc1ccc(OCCN2CCCCC2)cc1. The number of benzene rings is 1. The highest BCUT2D eigenvalue weighted by atomic mass is 16.5. The van der Waals surface area contributed by atoms with Gasteiger partial charge < -0.3 is 9.84 Å². The third kappa shape index (κ3) is 7.14. The molecule has 0 aromatic heterocycles. The molecule has 118 valence electrons. The van der Waals surface area contributed by atoms with Gasteiger partial charge in [0.05, 0.1) is 6.42 Å². The highest BCUT2D eigenvalue weighted by Gasteiger charge is 2.09. The van der Waals surface area contributed by atoms with Gasteiger partial charge in [-0.25, -0.2) is 0 Å². The molecular weight excluding hydrogens is 266 g/mol. The Bertz CT molecular complexity index is 397. The predicted molar refractivity (Wildman–Crippen MR) is 84.9 cm³/mol. The van der Waals surface area contributed by atoms with Gasteiger partial charge in [0.25, 0.3) is 0 Å². The molecule has 1 heterocycles. The van der Waals surface area contributed by atoms with Crippen LogP contribution < -0.4 is 4.74 Å². The molecule has 0 saturated carbocycles. The molecule has 1 N–H and O–H groups in total. The largest absolute Gasteiger partial charge is 0.492 e. The van der Waals surface area contributed by atoms with Gasteiger partial charge in [0.2, 0.25) is 0 Å². The lowest BCUT2D eigenvalue weighted by molar-refractivity contribution is -0.136. The molecule has 1 aliphatic rings. The molecule has 1 fully saturated rings. The van der Waals surface area contributed by atoms with Gasteiger partial charge in [-0.3, -0.25) is 9.69 Å². The molecule has 0 aliphatic carbocycles. The van der Waals surface area contributed by atoms with Crippen LogP contribution in [0.5, 0.6) is 5.75 Å². The summed E-state index contributed by atoms with van der Waals surface area (Å²) >= 11 is 0. The molecule has 2 rings (SSSR count). The first-order valence-corrected chi connectivity index (χ1v) is 7.90. The number of carbonyl (C=O) groups is 1. The fraction of sp³-hybridized carbons (Fsp3) is 0.588. The molecule has 1 aromatic rings. The van der Waals surface area contributed by atoms with Gasteiger partial charge in [0.1, 0.15) is 12.4 Å². The van der Waals surface area contributed by atoms with Gasteiger partial charge in [0.15, 0.2) is 0 Å². The van der Waals surface area contributed by atoms with Crippen LogP contribution in [0.2, 0.25) is 0 Å². The van der Waals surface area contributed by atoms with Crippen LogP contribution in [0.15, 0.2) is 24.3 Å². The molecule has 0 amide bonds. The zero-order valence-electron chi connectivity index (χ0n) is 13.2. The number of nitrogens with zero attached hydrogens (tertiary/aromatic N) is 1. The monoisotopic (exact) mass is 293 g/mol. The second-order valence-corrected chi connectivity index (χ2v) is 4.97. The van der Waals surface area contributed by atoms with Crippen molar-refractivity contribution in [1.82, 2.24) is 4.90 Å². The van der Waals surface area contributed by atoms with Crippen molar-refractivity contribution in [2.45, 2.75) is 39.5 Å². The third-order valence-electron chi connectivity index (χ3n) is 3.40. The van der Waals surface area contributed by atoms with E-state index in [4.69, 9.17) is 9.84 Å². The summed E-state index contributed by atoms with van der Waals surface area (Å²) in [6.07, 6.45) is 4.00. The number of hydrogen-bond donors (Lipinski definition) is 1. The van der Waals surface area contributed by atoms with Crippen molar-refractivity contribution in [3.63, 3.8) is 0 Å². The standard InChI is InChI=1S/C15H21NO3.C2H6/c17-15(18)12-13-4-6-14(7-5-13)19-11-10-16-8-2-1-3-9-16;1-2/h4-7H,1-3,8-12H2,(H,17,18);1-2H3.